The third kappa shape index (κ3) is 4.79. The van der Waals surface area contributed by atoms with E-state index in [2.05, 4.69) is 16.4 Å². The lowest BCUT2D eigenvalue weighted by Crippen LogP contribution is -2.30. The van der Waals surface area contributed by atoms with Crippen molar-refractivity contribution >= 4 is 23.2 Å². The van der Waals surface area contributed by atoms with Crippen molar-refractivity contribution in [1.29, 1.82) is 0 Å². The van der Waals surface area contributed by atoms with E-state index in [0.717, 1.165) is 18.6 Å². The molecule has 1 aromatic carbocycles. The number of hydrogen-bond acceptors (Lipinski definition) is 5. The molecule has 7 heteroatoms. The zero-order valence-electron chi connectivity index (χ0n) is 13.8. The molecule has 1 amide bonds. The number of carbonyl (C=O) groups excluding carboxylic acids is 1. The Kier molecular flexibility index (Phi) is 5.65. The number of nitrogens with zero attached hydrogens (tertiary/aromatic N) is 1. The van der Waals surface area contributed by atoms with Crippen LogP contribution in [-0.4, -0.2) is 35.1 Å². The van der Waals surface area contributed by atoms with Crippen molar-refractivity contribution in [3.05, 3.63) is 45.4 Å². The molecule has 0 fully saturated rings. The lowest BCUT2D eigenvalue weighted by molar-refractivity contribution is -0.123. The first kappa shape index (κ1) is 17.4. The molecule has 1 aromatic heterocycles. The molecule has 0 aliphatic heterocycles. The summed E-state index contributed by atoms with van der Waals surface area (Å²) in [6, 6.07) is 6.04. The molecular formula is C18H20N2O4S. The van der Waals surface area contributed by atoms with Gasteiger partial charge in [0.25, 0.3) is 5.91 Å². The van der Waals surface area contributed by atoms with Crippen molar-refractivity contribution in [2.24, 2.45) is 0 Å². The molecule has 0 atom stereocenters. The first-order valence-electron chi connectivity index (χ1n) is 8.31. The maximum atomic E-state index is 11.9. The molecule has 0 saturated heterocycles. The first-order valence-corrected chi connectivity index (χ1v) is 9.19. The van der Waals surface area contributed by atoms with E-state index in [9.17, 15) is 9.59 Å². The number of rotatable bonds is 7. The van der Waals surface area contributed by atoms with Crippen molar-refractivity contribution in [2.75, 3.05) is 13.2 Å². The smallest absolute Gasteiger partial charge is 0.355 e. The van der Waals surface area contributed by atoms with Crippen LogP contribution in [0.4, 0.5) is 0 Å². The van der Waals surface area contributed by atoms with Gasteiger partial charge in [0.1, 0.15) is 5.75 Å². The van der Waals surface area contributed by atoms with E-state index in [0.29, 0.717) is 18.0 Å². The van der Waals surface area contributed by atoms with E-state index in [1.165, 1.54) is 40.7 Å². The molecule has 0 unspecified atom stereocenters. The predicted molar refractivity (Wildman–Crippen MR) is 94.4 cm³/mol. The van der Waals surface area contributed by atoms with Crippen LogP contribution in [0, 0.1) is 0 Å². The van der Waals surface area contributed by atoms with Crippen molar-refractivity contribution in [2.45, 2.75) is 32.1 Å². The molecule has 0 saturated carbocycles. The van der Waals surface area contributed by atoms with Crippen LogP contribution in [0.2, 0.25) is 0 Å². The average molecular weight is 360 g/mol. The highest BCUT2D eigenvalue weighted by atomic mass is 32.1. The van der Waals surface area contributed by atoms with Crippen LogP contribution in [0.3, 0.4) is 0 Å². The van der Waals surface area contributed by atoms with Gasteiger partial charge >= 0.3 is 5.97 Å². The van der Waals surface area contributed by atoms with Crippen LogP contribution in [0.15, 0.2) is 23.6 Å². The highest BCUT2D eigenvalue weighted by Crippen LogP contribution is 2.25. The number of hydrogen-bond donors (Lipinski definition) is 2. The minimum atomic E-state index is -1.04. The average Bonchev–Trinajstić information content (AvgIpc) is 3.09. The van der Waals surface area contributed by atoms with Gasteiger partial charge in [0, 0.05) is 18.3 Å². The second kappa shape index (κ2) is 8.11. The molecule has 0 bridgehead atoms. The second-order valence-electron chi connectivity index (χ2n) is 5.96. The lowest BCUT2D eigenvalue weighted by atomic mass is 9.92. The van der Waals surface area contributed by atoms with Crippen molar-refractivity contribution < 1.29 is 19.4 Å². The summed E-state index contributed by atoms with van der Waals surface area (Å²) in [6.45, 7) is 0.371. The maximum absolute atomic E-state index is 11.9. The Balaban J connectivity index is 1.41. The van der Waals surface area contributed by atoms with Crippen LogP contribution >= 0.6 is 11.3 Å². The normalized spacial score (nSPS) is 13.1. The molecule has 2 N–H and O–H groups in total. The molecule has 6 nitrogen and oxygen atoms in total. The number of aromatic nitrogens is 1. The van der Waals surface area contributed by atoms with Crippen molar-refractivity contribution in [1.82, 2.24) is 10.3 Å². The monoisotopic (exact) mass is 360 g/mol. The Hall–Kier alpha value is -2.41. The largest absolute Gasteiger partial charge is 0.484 e. The predicted octanol–water partition coefficient (Wildman–Crippen LogP) is 2.46. The summed E-state index contributed by atoms with van der Waals surface area (Å²) in [4.78, 5) is 26.6. The van der Waals surface area contributed by atoms with Crippen LogP contribution in [0.1, 0.15) is 39.5 Å². The van der Waals surface area contributed by atoms with Gasteiger partial charge in [-0.05, 0) is 48.9 Å². The summed E-state index contributed by atoms with van der Waals surface area (Å²) in [5, 5.41) is 13.8. The number of fused-ring (bicyclic) bond motifs is 1. The summed E-state index contributed by atoms with van der Waals surface area (Å²) in [5.41, 5.74) is 2.75. The lowest BCUT2D eigenvalue weighted by Gasteiger charge is -2.16. The highest BCUT2D eigenvalue weighted by Gasteiger charge is 2.11. The van der Waals surface area contributed by atoms with Gasteiger partial charge in [-0.1, -0.05) is 6.07 Å². The molecule has 25 heavy (non-hydrogen) atoms. The number of benzene rings is 1. The van der Waals surface area contributed by atoms with Crippen LogP contribution < -0.4 is 10.1 Å². The van der Waals surface area contributed by atoms with Crippen LogP contribution in [-0.2, 0) is 24.1 Å². The fourth-order valence-corrected chi connectivity index (χ4v) is 3.60. The molecular weight excluding hydrogens is 340 g/mol. The third-order valence-electron chi connectivity index (χ3n) is 4.12. The number of aryl methyl sites for hydroxylation is 2. The van der Waals surface area contributed by atoms with Gasteiger partial charge in [-0.15, -0.1) is 11.3 Å². The number of aromatic carboxylic acids is 1. The van der Waals surface area contributed by atoms with Gasteiger partial charge in [0.05, 0.1) is 5.01 Å². The molecule has 1 aliphatic carbocycles. The van der Waals surface area contributed by atoms with E-state index < -0.39 is 5.97 Å². The van der Waals surface area contributed by atoms with Gasteiger partial charge in [0.15, 0.2) is 12.3 Å². The maximum Gasteiger partial charge on any atom is 0.355 e. The first-order chi connectivity index (χ1) is 12.1. The van der Waals surface area contributed by atoms with E-state index in [1.54, 1.807) is 0 Å². The van der Waals surface area contributed by atoms with Crippen LogP contribution in [0.25, 0.3) is 0 Å². The van der Waals surface area contributed by atoms with Crippen molar-refractivity contribution in [3.8, 4) is 5.75 Å². The van der Waals surface area contributed by atoms with Gasteiger partial charge in [-0.25, -0.2) is 9.78 Å². The third-order valence-corrected chi connectivity index (χ3v) is 5.03. The van der Waals surface area contributed by atoms with Gasteiger partial charge < -0.3 is 15.2 Å². The van der Waals surface area contributed by atoms with E-state index in [-0.39, 0.29) is 18.2 Å². The second-order valence-corrected chi connectivity index (χ2v) is 6.90. The zero-order chi connectivity index (χ0) is 17.6. The Morgan fingerprint density at radius 1 is 1.24 bits per heavy atom. The number of carbonyl (C=O) groups is 2. The molecule has 0 radical (unpaired) electrons. The fraction of sp³-hybridized carbons (Fsp3) is 0.389. The van der Waals surface area contributed by atoms with Gasteiger partial charge in [-0.3, -0.25) is 4.79 Å². The summed E-state index contributed by atoms with van der Waals surface area (Å²) in [7, 11) is 0. The molecule has 0 spiro atoms. The SMILES string of the molecule is O=C(COc1ccc2c(c1)CCCC2)NCCc1nc(C(=O)O)cs1. The Bertz CT molecular complexity index is 772. The zero-order valence-corrected chi connectivity index (χ0v) is 14.6. The molecule has 132 valence electrons. The van der Waals surface area contributed by atoms with E-state index in [1.807, 2.05) is 12.1 Å². The fourth-order valence-electron chi connectivity index (χ4n) is 2.83. The molecule has 3 rings (SSSR count). The number of ether oxygens (including phenoxy) is 1. The number of carboxylic acids is 1. The Morgan fingerprint density at radius 3 is 2.80 bits per heavy atom. The minimum Gasteiger partial charge on any atom is -0.484 e. The summed E-state index contributed by atoms with van der Waals surface area (Å²) in [6.07, 6.45) is 5.14. The van der Waals surface area contributed by atoms with E-state index >= 15 is 0 Å². The minimum absolute atomic E-state index is 0.0307. The molecule has 2 aromatic rings. The summed E-state index contributed by atoms with van der Waals surface area (Å²) >= 11 is 1.28. The number of amides is 1. The van der Waals surface area contributed by atoms with Gasteiger partial charge in [0.2, 0.25) is 0 Å². The topological polar surface area (TPSA) is 88.5 Å². The van der Waals surface area contributed by atoms with Crippen LogP contribution in [0.5, 0.6) is 5.75 Å². The number of nitrogens with one attached hydrogen (secondary N) is 1. The number of carboxylic acid groups (broad SMARTS) is 1. The Morgan fingerprint density at radius 2 is 2.04 bits per heavy atom. The Labute approximate surface area is 149 Å². The standard InChI is InChI=1S/C18H20N2O4S/c21-16(19-8-7-17-20-15(11-25-17)18(22)23)10-24-14-6-5-12-3-1-2-4-13(12)9-14/h5-6,9,11H,1-4,7-8,10H2,(H,19,21)(H,22,23). The molecule has 1 aliphatic rings. The highest BCUT2D eigenvalue weighted by molar-refractivity contribution is 7.09. The summed E-state index contributed by atoms with van der Waals surface area (Å²) in [5.74, 6) is -0.514. The van der Waals surface area contributed by atoms with Crippen molar-refractivity contribution in [3.63, 3.8) is 0 Å². The van der Waals surface area contributed by atoms with E-state index in [4.69, 9.17) is 9.84 Å². The quantitative estimate of drug-likeness (QED) is 0.792. The molecule has 1 heterocycles. The number of thiazole rings is 1. The summed E-state index contributed by atoms with van der Waals surface area (Å²) < 4.78 is 5.57. The van der Waals surface area contributed by atoms with Gasteiger partial charge in [-0.2, -0.15) is 0 Å².